The molecule has 6 heteroatoms. The van der Waals surface area contributed by atoms with E-state index < -0.39 is 16.1 Å². The van der Waals surface area contributed by atoms with E-state index in [0.717, 1.165) is 10.8 Å². The summed E-state index contributed by atoms with van der Waals surface area (Å²) in [5.41, 5.74) is 0. The van der Waals surface area contributed by atoms with Gasteiger partial charge in [0.05, 0.1) is 4.90 Å². The maximum atomic E-state index is 10.8. The Balaban J connectivity index is 0.000000312. The maximum absolute atomic E-state index is 10.8. The maximum Gasteiger partial charge on any atom is 0.303 e. The highest BCUT2D eigenvalue weighted by atomic mass is 32.2. The summed E-state index contributed by atoms with van der Waals surface area (Å²) < 4.78 is 30.5. The Hall–Kier alpha value is -1.92. The second-order valence-electron chi connectivity index (χ2n) is 3.73. The van der Waals surface area contributed by atoms with Crippen LogP contribution in [-0.2, 0) is 14.9 Å². The zero-order valence-electron chi connectivity index (χ0n) is 10.3. The molecule has 102 valence electrons. The van der Waals surface area contributed by atoms with Gasteiger partial charge in [-0.05, 0) is 22.9 Å². The molecule has 0 atom stereocenters. The molecule has 0 aliphatic heterocycles. The van der Waals surface area contributed by atoms with Crippen LogP contribution in [0.3, 0.4) is 0 Å². The van der Waals surface area contributed by atoms with E-state index in [4.69, 9.17) is 9.66 Å². The molecule has 0 heterocycles. The van der Waals surface area contributed by atoms with Gasteiger partial charge in [-0.15, -0.1) is 0 Å². The Morgan fingerprint density at radius 2 is 1.63 bits per heavy atom. The van der Waals surface area contributed by atoms with Crippen LogP contribution in [0.1, 0.15) is 13.3 Å². The first-order valence-corrected chi connectivity index (χ1v) is 6.96. The summed E-state index contributed by atoms with van der Waals surface area (Å²) in [6, 6.07) is 11.9. The molecule has 0 aliphatic rings. The minimum atomic E-state index is -4.09. The summed E-state index contributed by atoms with van der Waals surface area (Å²) in [5, 5.41) is 9.46. The molecule has 2 rings (SSSR count). The third kappa shape index (κ3) is 4.69. The molecule has 0 amide bonds. The van der Waals surface area contributed by atoms with Gasteiger partial charge in [-0.2, -0.15) is 8.42 Å². The summed E-state index contributed by atoms with van der Waals surface area (Å²) >= 11 is 0. The first kappa shape index (κ1) is 15.1. The van der Waals surface area contributed by atoms with Crippen LogP contribution in [0.2, 0.25) is 0 Å². The second kappa shape index (κ2) is 6.31. The van der Waals surface area contributed by atoms with Gasteiger partial charge in [-0.1, -0.05) is 37.3 Å². The highest BCUT2D eigenvalue weighted by Gasteiger charge is 2.08. The van der Waals surface area contributed by atoms with Crippen LogP contribution in [0, 0.1) is 0 Å². The van der Waals surface area contributed by atoms with E-state index in [1.807, 2.05) is 18.2 Å². The van der Waals surface area contributed by atoms with Crippen LogP contribution in [0.15, 0.2) is 47.4 Å². The molecule has 0 saturated heterocycles. The van der Waals surface area contributed by atoms with Crippen molar-refractivity contribution in [3.63, 3.8) is 0 Å². The van der Waals surface area contributed by atoms with Gasteiger partial charge in [0.2, 0.25) is 0 Å². The summed E-state index contributed by atoms with van der Waals surface area (Å²) in [5.74, 6) is -0.745. The van der Waals surface area contributed by atoms with Crippen molar-refractivity contribution >= 4 is 26.9 Å². The Labute approximate surface area is 111 Å². The molecule has 2 aromatic carbocycles. The number of rotatable bonds is 2. The molecule has 0 fully saturated rings. The highest BCUT2D eigenvalue weighted by molar-refractivity contribution is 7.85. The van der Waals surface area contributed by atoms with E-state index in [2.05, 4.69) is 0 Å². The lowest BCUT2D eigenvalue weighted by Crippen LogP contribution is -1.97. The van der Waals surface area contributed by atoms with Crippen molar-refractivity contribution in [1.82, 2.24) is 0 Å². The van der Waals surface area contributed by atoms with E-state index in [-0.39, 0.29) is 11.3 Å². The van der Waals surface area contributed by atoms with Crippen molar-refractivity contribution in [2.24, 2.45) is 0 Å². The monoisotopic (exact) mass is 282 g/mol. The molecule has 0 unspecified atom stereocenters. The standard InChI is InChI=1S/C10H8O3S.C3H6O2/c11-14(12,13)10-6-5-8-3-1-2-4-9(8)7-10;1-2-3(4)5/h1-7H,(H,11,12,13);2H2,1H3,(H,4,5). The van der Waals surface area contributed by atoms with E-state index in [9.17, 15) is 13.2 Å². The zero-order valence-corrected chi connectivity index (χ0v) is 11.1. The fourth-order valence-electron chi connectivity index (χ4n) is 1.33. The van der Waals surface area contributed by atoms with Gasteiger partial charge < -0.3 is 5.11 Å². The van der Waals surface area contributed by atoms with Gasteiger partial charge in [0.1, 0.15) is 0 Å². The average Bonchev–Trinajstić information content (AvgIpc) is 2.38. The molecule has 0 spiro atoms. The number of benzene rings is 2. The number of fused-ring (bicyclic) bond motifs is 1. The molecule has 2 aromatic rings. The largest absolute Gasteiger partial charge is 0.481 e. The lowest BCUT2D eigenvalue weighted by molar-refractivity contribution is -0.136. The molecule has 0 saturated carbocycles. The Bertz CT molecular complexity index is 676. The van der Waals surface area contributed by atoms with Gasteiger partial charge in [0.15, 0.2) is 0 Å². The van der Waals surface area contributed by atoms with Crippen molar-refractivity contribution in [3.05, 3.63) is 42.5 Å². The van der Waals surface area contributed by atoms with Crippen LogP contribution >= 0.6 is 0 Å². The van der Waals surface area contributed by atoms with E-state index in [1.54, 1.807) is 19.1 Å². The summed E-state index contributed by atoms with van der Waals surface area (Å²) in [6.45, 7) is 1.60. The molecule has 19 heavy (non-hydrogen) atoms. The molecular weight excluding hydrogens is 268 g/mol. The third-order valence-corrected chi connectivity index (χ3v) is 3.17. The van der Waals surface area contributed by atoms with Crippen molar-refractivity contribution in [3.8, 4) is 0 Å². The van der Waals surface area contributed by atoms with Crippen molar-refractivity contribution < 1.29 is 22.9 Å². The Morgan fingerprint density at radius 3 is 2.11 bits per heavy atom. The van der Waals surface area contributed by atoms with E-state index >= 15 is 0 Å². The molecule has 0 aromatic heterocycles. The van der Waals surface area contributed by atoms with Gasteiger partial charge >= 0.3 is 5.97 Å². The van der Waals surface area contributed by atoms with Crippen molar-refractivity contribution in [1.29, 1.82) is 0 Å². The van der Waals surface area contributed by atoms with Crippen LogP contribution in [0.25, 0.3) is 10.8 Å². The first-order valence-electron chi connectivity index (χ1n) is 5.52. The van der Waals surface area contributed by atoms with Gasteiger partial charge in [-0.25, -0.2) is 0 Å². The van der Waals surface area contributed by atoms with E-state index in [0.29, 0.717) is 0 Å². The second-order valence-corrected chi connectivity index (χ2v) is 5.15. The summed E-state index contributed by atoms with van der Waals surface area (Å²) in [7, 11) is -4.09. The van der Waals surface area contributed by atoms with Crippen LogP contribution < -0.4 is 0 Å². The van der Waals surface area contributed by atoms with E-state index in [1.165, 1.54) is 12.1 Å². The molecule has 0 aliphatic carbocycles. The number of hydrogen-bond donors (Lipinski definition) is 2. The number of carbonyl (C=O) groups is 1. The van der Waals surface area contributed by atoms with Crippen LogP contribution in [-0.4, -0.2) is 24.0 Å². The lowest BCUT2D eigenvalue weighted by atomic mass is 10.1. The number of carboxylic acids is 1. The summed E-state index contributed by atoms with van der Waals surface area (Å²) in [6.07, 6.45) is 0.222. The molecule has 0 radical (unpaired) electrons. The number of aliphatic carboxylic acids is 1. The average molecular weight is 282 g/mol. The normalized spacial score (nSPS) is 10.6. The minimum absolute atomic E-state index is 0.0730. The molecule has 2 N–H and O–H groups in total. The Kier molecular flexibility index (Phi) is 5.02. The predicted octanol–water partition coefficient (Wildman–Crippen LogP) is 2.57. The highest BCUT2D eigenvalue weighted by Crippen LogP contribution is 2.18. The fourth-order valence-corrected chi connectivity index (χ4v) is 1.84. The van der Waals surface area contributed by atoms with Crippen LogP contribution in [0.4, 0.5) is 0 Å². The summed E-state index contributed by atoms with van der Waals surface area (Å²) in [4.78, 5) is 9.30. The predicted molar refractivity (Wildman–Crippen MR) is 71.7 cm³/mol. The lowest BCUT2D eigenvalue weighted by Gasteiger charge is -1.99. The van der Waals surface area contributed by atoms with Crippen molar-refractivity contribution in [2.45, 2.75) is 18.2 Å². The topological polar surface area (TPSA) is 91.7 Å². The first-order chi connectivity index (χ1) is 8.84. The molecular formula is C13H14O5S. The van der Waals surface area contributed by atoms with Gasteiger partial charge in [-0.3, -0.25) is 9.35 Å². The molecule has 0 bridgehead atoms. The molecule has 5 nitrogen and oxygen atoms in total. The minimum Gasteiger partial charge on any atom is -0.481 e. The smallest absolute Gasteiger partial charge is 0.303 e. The third-order valence-electron chi connectivity index (χ3n) is 2.32. The fraction of sp³-hybridized carbons (Fsp3) is 0.154. The van der Waals surface area contributed by atoms with Crippen LogP contribution in [0.5, 0.6) is 0 Å². The zero-order chi connectivity index (χ0) is 14.5. The number of carboxylic acid groups (broad SMARTS) is 1. The number of hydrogen-bond acceptors (Lipinski definition) is 3. The SMILES string of the molecule is CCC(=O)O.O=S(=O)(O)c1ccc2ccccc2c1. The Morgan fingerprint density at radius 1 is 1.11 bits per heavy atom. The van der Waals surface area contributed by atoms with Gasteiger partial charge in [0.25, 0.3) is 10.1 Å². The van der Waals surface area contributed by atoms with Gasteiger partial charge in [0, 0.05) is 6.42 Å². The van der Waals surface area contributed by atoms with Crippen molar-refractivity contribution in [2.75, 3.05) is 0 Å². The quantitative estimate of drug-likeness (QED) is 0.826.